The van der Waals surface area contributed by atoms with Crippen LogP contribution in [0.3, 0.4) is 0 Å². The molecule has 0 aromatic carbocycles. The van der Waals surface area contributed by atoms with Gasteiger partial charge in [-0.1, -0.05) is 0 Å². The van der Waals surface area contributed by atoms with E-state index in [0.29, 0.717) is 16.9 Å². The van der Waals surface area contributed by atoms with Gasteiger partial charge in [0, 0.05) is 19.1 Å². The topological polar surface area (TPSA) is 89.7 Å². The lowest BCUT2D eigenvalue weighted by Crippen LogP contribution is -2.45. The van der Waals surface area contributed by atoms with E-state index in [1.165, 1.54) is 17.5 Å². The molecule has 0 amide bonds. The highest BCUT2D eigenvalue weighted by atomic mass is 79.9. The third-order valence-corrected chi connectivity index (χ3v) is 7.18. The minimum Gasteiger partial charge on any atom is -0.465 e. The molecule has 1 fully saturated rings. The number of esters is 1. The highest BCUT2D eigenvalue weighted by Crippen LogP contribution is 2.34. The number of nitrogens with two attached hydrogens (primary N) is 1. The highest BCUT2D eigenvalue weighted by molar-refractivity contribution is 9.11. The summed E-state index contributed by atoms with van der Waals surface area (Å²) in [5, 5.41) is 0. The van der Waals surface area contributed by atoms with Crippen LogP contribution in [0, 0.1) is 0 Å². The average molecular weight is 383 g/mol. The van der Waals surface area contributed by atoms with E-state index in [9.17, 15) is 13.2 Å². The Morgan fingerprint density at radius 1 is 1.60 bits per heavy atom. The van der Waals surface area contributed by atoms with Crippen LogP contribution in [0.15, 0.2) is 14.7 Å². The normalized spacial score (nSPS) is 20.9. The average Bonchev–Trinajstić information content (AvgIpc) is 2.80. The lowest BCUT2D eigenvalue weighted by atomic mass is 10.1. The molecule has 1 unspecified atom stereocenters. The van der Waals surface area contributed by atoms with E-state index < -0.39 is 16.0 Å². The lowest BCUT2D eigenvalue weighted by molar-refractivity contribution is 0.0606. The van der Waals surface area contributed by atoms with Crippen LogP contribution in [0.2, 0.25) is 0 Å². The summed E-state index contributed by atoms with van der Waals surface area (Å²) >= 11 is 4.25. The molecule has 0 aliphatic carbocycles. The maximum absolute atomic E-state index is 12.6. The third kappa shape index (κ3) is 3.06. The van der Waals surface area contributed by atoms with Crippen molar-refractivity contribution in [2.75, 3.05) is 20.2 Å². The van der Waals surface area contributed by atoms with Crippen LogP contribution < -0.4 is 5.73 Å². The molecule has 0 bridgehead atoms. The van der Waals surface area contributed by atoms with Gasteiger partial charge in [0.25, 0.3) is 0 Å². The minimum atomic E-state index is -3.64. The number of nitrogens with zero attached hydrogens (tertiary/aromatic N) is 1. The SMILES string of the molecule is COC(=O)c1cc(S(=O)(=O)N2CCCC(N)C2)c(Br)s1. The van der Waals surface area contributed by atoms with Crippen molar-refractivity contribution in [3.63, 3.8) is 0 Å². The smallest absolute Gasteiger partial charge is 0.348 e. The van der Waals surface area contributed by atoms with Gasteiger partial charge >= 0.3 is 5.97 Å². The summed E-state index contributed by atoms with van der Waals surface area (Å²) in [6.07, 6.45) is 1.57. The molecular formula is C11H15BrN2O4S2. The second kappa shape index (κ2) is 6.10. The van der Waals surface area contributed by atoms with Crippen molar-refractivity contribution in [3.05, 3.63) is 14.7 Å². The van der Waals surface area contributed by atoms with Gasteiger partial charge in [-0.25, -0.2) is 13.2 Å². The number of ether oxygens (including phenoxy) is 1. The summed E-state index contributed by atoms with van der Waals surface area (Å²) < 4.78 is 31.5. The van der Waals surface area contributed by atoms with Gasteiger partial charge < -0.3 is 10.5 Å². The zero-order valence-electron chi connectivity index (χ0n) is 10.8. The van der Waals surface area contributed by atoms with Crippen LogP contribution in [0.4, 0.5) is 0 Å². The van der Waals surface area contributed by atoms with E-state index in [0.717, 1.165) is 24.2 Å². The van der Waals surface area contributed by atoms with E-state index in [2.05, 4.69) is 20.7 Å². The molecule has 1 saturated heterocycles. The van der Waals surface area contributed by atoms with Crippen molar-refractivity contribution in [1.82, 2.24) is 4.31 Å². The van der Waals surface area contributed by atoms with Crippen molar-refractivity contribution in [3.8, 4) is 0 Å². The zero-order valence-corrected chi connectivity index (χ0v) is 14.1. The first-order chi connectivity index (χ1) is 9.36. The Morgan fingerprint density at radius 2 is 2.30 bits per heavy atom. The van der Waals surface area contributed by atoms with Crippen molar-refractivity contribution in [2.45, 2.75) is 23.8 Å². The zero-order chi connectivity index (χ0) is 14.9. The first kappa shape index (κ1) is 15.9. The van der Waals surface area contributed by atoms with Crippen LogP contribution >= 0.6 is 27.3 Å². The first-order valence-electron chi connectivity index (χ1n) is 5.99. The standard InChI is InChI=1S/C11H15BrN2O4S2/c1-18-11(15)8-5-9(10(12)19-8)20(16,17)14-4-2-3-7(13)6-14/h5,7H,2-4,6,13H2,1H3. The fourth-order valence-corrected chi connectivity index (χ4v) is 6.03. The molecule has 20 heavy (non-hydrogen) atoms. The summed E-state index contributed by atoms with van der Waals surface area (Å²) in [6, 6.07) is 1.20. The van der Waals surface area contributed by atoms with Crippen molar-refractivity contribution in [1.29, 1.82) is 0 Å². The Hall–Kier alpha value is -0.480. The van der Waals surface area contributed by atoms with E-state index in [4.69, 9.17) is 5.73 Å². The van der Waals surface area contributed by atoms with Gasteiger partial charge in [-0.15, -0.1) is 11.3 Å². The molecule has 2 rings (SSSR count). The predicted octanol–water partition coefficient (Wildman–Crippen LogP) is 1.41. The van der Waals surface area contributed by atoms with E-state index >= 15 is 0 Å². The van der Waals surface area contributed by atoms with Gasteiger partial charge in [-0.3, -0.25) is 0 Å². The Bertz CT molecular complexity index is 614. The lowest BCUT2D eigenvalue weighted by Gasteiger charge is -2.29. The summed E-state index contributed by atoms with van der Waals surface area (Å²) in [5.41, 5.74) is 5.82. The third-order valence-electron chi connectivity index (χ3n) is 3.08. The van der Waals surface area contributed by atoms with Gasteiger partial charge in [-0.05, 0) is 34.8 Å². The molecule has 2 N–H and O–H groups in total. The molecule has 6 nitrogen and oxygen atoms in total. The number of halogens is 1. The molecule has 0 spiro atoms. The van der Waals surface area contributed by atoms with Gasteiger partial charge in [0.2, 0.25) is 10.0 Å². The molecule has 1 aromatic heterocycles. The fourth-order valence-electron chi connectivity index (χ4n) is 2.06. The number of sulfonamides is 1. The molecule has 112 valence electrons. The van der Waals surface area contributed by atoms with Crippen molar-refractivity contribution in [2.24, 2.45) is 5.73 Å². The van der Waals surface area contributed by atoms with Crippen molar-refractivity contribution >= 4 is 43.3 Å². The van der Waals surface area contributed by atoms with Gasteiger partial charge in [0.1, 0.15) is 9.77 Å². The Kier molecular flexibility index (Phi) is 4.85. The van der Waals surface area contributed by atoms with Crippen LogP contribution in [0.5, 0.6) is 0 Å². The number of rotatable bonds is 3. The molecule has 0 saturated carbocycles. The number of hydrogen-bond donors (Lipinski definition) is 1. The van der Waals surface area contributed by atoms with Gasteiger partial charge in [0.15, 0.2) is 0 Å². The molecule has 1 aliphatic rings. The molecule has 1 aromatic rings. The molecular weight excluding hydrogens is 368 g/mol. The number of thiophene rings is 1. The summed E-state index contributed by atoms with van der Waals surface area (Å²) in [6.45, 7) is 0.754. The molecule has 1 aliphatic heterocycles. The number of methoxy groups -OCH3 is 1. The van der Waals surface area contributed by atoms with E-state index in [1.54, 1.807) is 0 Å². The Morgan fingerprint density at radius 3 is 2.90 bits per heavy atom. The predicted molar refractivity (Wildman–Crippen MR) is 79.3 cm³/mol. The van der Waals surface area contributed by atoms with Crippen LogP contribution in [0.25, 0.3) is 0 Å². The van der Waals surface area contributed by atoms with Crippen LogP contribution in [0.1, 0.15) is 22.5 Å². The van der Waals surface area contributed by atoms with E-state index in [1.807, 2.05) is 0 Å². The summed E-state index contributed by atoms with van der Waals surface area (Å²) in [4.78, 5) is 11.8. The van der Waals surface area contributed by atoms with E-state index in [-0.39, 0.29) is 15.8 Å². The Labute approximate surface area is 130 Å². The largest absolute Gasteiger partial charge is 0.465 e. The summed E-state index contributed by atoms with van der Waals surface area (Å²) in [7, 11) is -2.38. The second-order valence-electron chi connectivity index (χ2n) is 4.51. The molecule has 9 heteroatoms. The first-order valence-corrected chi connectivity index (χ1v) is 9.04. The van der Waals surface area contributed by atoms with Crippen LogP contribution in [-0.4, -0.2) is 44.9 Å². The number of carbonyl (C=O) groups excluding carboxylic acids is 1. The molecule has 0 radical (unpaired) electrons. The maximum atomic E-state index is 12.6. The second-order valence-corrected chi connectivity index (χ2v) is 8.78. The monoisotopic (exact) mass is 382 g/mol. The highest BCUT2D eigenvalue weighted by Gasteiger charge is 2.32. The minimum absolute atomic E-state index is 0.0944. The van der Waals surface area contributed by atoms with Crippen LogP contribution in [-0.2, 0) is 14.8 Å². The fraction of sp³-hybridized carbons (Fsp3) is 0.545. The Balaban J connectivity index is 2.34. The van der Waals surface area contributed by atoms with Gasteiger partial charge in [-0.2, -0.15) is 4.31 Å². The quantitative estimate of drug-likeness (QED) is 0.798. The van der Waals surface area contributed by atoms with Gasteiger partial charge in [0.05, 0.1) is 10.9 Å². The number of carbonyl (C=O) groups is 1. The molecule has 2 heterocycles. The number of hydrogen-bond acceptors (Lipinski definition) is 6. The summed E-state index contributed by atoms with van der Waals surface area (Å²) in [5.74, 6) is -0.549. The maximum Gasteiger partial charge on any atom is 0.348 e. The molecule has 1 atom stereocenters. The number of piperidine rings is 1. The van der Waals surface area contributed by atoms with Crippen molar-refractivity contribution < 1.29 is 17.9 Å².